The molecule has 0 bridgehead atoms. The highest BCUT2D eigenvalue weighted by atomic mass is 19.4. The number of aromatic nitrogens is 4. The van der Waals surface area contributed by atoms with Crippen molar-refractivity contribution in [3.8, 4) is 11.4 Å². The van der Waals surface area contributed by atoms with Crippen molar-refractivity contribution in [1.82, 2.24) is 19.6 Å². The summed E-state index contributed by atoms with van der Waals surface area (Å²) in [7, 11) is 0. The lowest BCUT2D eigenvalue weighted by Gasteiger charge is -2.23. The van der Waals surface area contributed by atoms with E-state index in [1.807, 2.05) is 30.3 Å². The first-order chi connectivity index (χ1) is 13.9. The van der Waals surface area contributed by atoms with Gasteiger partial charge in [-0.25, -0.2) is 4.98 Å². The van der Waals surface area contributed by atoms with E-state index >= 15 is 0 Å². The third kappa shape index (κ3) is 4.37. The monoisotopic (exact) mass is 404 g/mol. The minimum Gasteiger partial charge on any atom is -0.489 e. The molecular formula is C19H15F3N4O3. The molecule has 0 saturated heterocycles. The van der Waals surface area contributed by atoms with E-state index < -0.39 is 18.0 Å². The fraction of sp³-hybridized carbons (Fsp3) is 0.211. The molecule has 1 aliphatic carbocycles. The van der Waals surface area contributed by atoms with Crippen LogP contribution < -0.4 is 5.56 Å². The van der Waals surface area contributed by atoms with Gasteiger partial charge in [-0.2, -0.15) is 9.50 Å². The molecule has 0 aliphatic heterocycles. The Balaban J connectivity index is 1.55. The number of rotatable bonds is 5. The van der Waals surface area contributed by atoms with Crippen LogP contribution in [0.3, 0.4) is 0 Å². The molecular weight excluding hydrogens is 389 g/mol. The van der Waals surface area contributed by atoms with E-state index in [9.17, 15) is 18.0 Å². The van der Waals surface area contributed by atoms with E-state index in [4.69, 9.17) is 4.74 Å². The molecule has 0 radical (unpaired) electrons. The zero-order valence-electron chi connectivity index (χ0n) is 14.9. The van der Waals surface area contributed by atoms with Crippen LogP contribution in [-0.2, 0) is 16.1 Å². The number of nitrogens with one attached hydrogen (secondary N) is 1. The molecule has 1 unspecified atom stereocenters. The van der Waals surface area contributed by atoms with E-state index in [1.165, 1.54) is 16.7 Å². The average Bonchev–Trinajstić information content (AvgIpc) is 3.12. The Morgan fingerprint density at radius 3 is 2.76 bits per heavy atom. The Morgan fingerprint density at radius 2 is 2.00 bits per heavy atom. The van der Waals surface area contributed by atoms with Gasteiger partial charge in [0.2, 0.25) is 0 Å². The van der Waals surface area contributed by atoms with Crippen LogP contribution in [0, 0.1) is 0 Å². The number of halogens is 3. The summed E-state index contributed by atoms with van der Waals surface area (Å²) < 4.78 is 48.4. The van der Waals surface area contributed by atoms with Crippen molar-refractivity contribution in [1.29, 1.82) is 0 Å². The van der Waals surface area contributed by atoms with E-state index in [1.54, 1.807) is 12.2 Å². The summed E-state index contributed by atoms with van der Waals surface area (Å²) in [5.41, 5.74) is 0.604. The molecule has 1 N–H and O–H groups in total. The Labute approximate surface area is 162 Å². The van der Waals surface area contributed by atoms with Gasteiger partial charge in [0.1, 0.15) is 18.5 Å². The van der Waals surface area contributed by atoms with Crippen molar-refractivity contribution >= 4 is 5.78 Å². The van der Waals surface area contributed by atoms with Crippen LogP contribution in [0.5, 0.6) is 0 Å². The lowest BCUT2D eigenvalue weighted by molar-refractivity contribution is -0.340. The molecule has 3 aromatic rings. The lowest BCUT2D eigenvalue weighted by Crippen LogP contribution is -2.27. The van der Waals surface area contributed by atoms with Crippen molar-refractivity contribution in [3.63, 3.8) is 0 Å². The van der Waals surface area contributed by atoms with Gasteiger partial charge >= 0.3 is 6.36 Å². The molecule has 29 heavy (non-hydrogen) atoms. The predicted molar refractivity (Wildman–Crippen MR) is 96.6 cm³/mol. The van der Waals surface area contributed by atoms with Gasteiger partial charge in [0.25, 0.3) is 11.3 Å². The van der Waals surface area contributed by atoms with Gasteiger partial charge in [0.15, 0.2) is 5.82 Å². The first kappa shape index (κ1) is 18.9. The highest BCUT2D eigenvalue weighted by Gasteiger charge is 2.35. The number of nitrogens with zero attached hydrogens (tertiary/aromatic N) is 3. The number of aromatic amines is 1. The smallest absolute Gasteiger partial charge is 0.489 e. The second-order valence-electron chi connectivity index (χ2n) is 6.23. The fourth-order valence-corrected chi connectivity index (χ4v) is 2.88. The van der Waals surface area contributed by atoms with Crippen LogP contribution in [0.4, 0.5) is 13.2 Å². The number of ether oxygens (including phenoxy) is 2. The summed E-state index contributed by atoms with van der Waals surface area (Å²) >= 11 is 0. The summed E-state index contributed by atoms with van der Waals surface area (Å²) in [5, 5.41) is 2.87. The van der Waals surface area contributed by atoms with Crippen LogP contribution in [0.2, 0.25) is 0 Å². The molecule has 0 spiro atoms. The predicted octanol–water partition coefficient (Wildman–Crippen LogP) is 3.35. The second-order valence-corrected chi connectivity index (χ2v) is 6.23. The molecule has 7 nitrogen and oxygen atoms in total. The number of hydrogen-bond donors (Lipinski definition) is 1. The van der Waals surface area contributed by atoms with Gasteiger partial charge in [0, 0.05) is 11.6 Å². The van der Waals surface area contributed by atoms with Gasteiger partial charge in [-0.3, -0.25) is 14.6 Å². The zero-order valence-corrected chi connectivity index (χ0v) is 14.9. The van der Waals surface area contributed by atoms with Crippen LogP contribution in [-0.4, -0.2) is 32.0 Å². The molecule has 0 fully saturated rings. The maximum Gasteiger partial charge on any atom is 0.523 e. The van der Waals surface area contributed by atoms with Crippen molar-refractivity contribution in [2.75, 3.05) is 0 Å². The van der Waals surface area contributed by atoms with Gasteiger partial charge in [-0.1, -0.05) is 42.5 Å². The fourth-order valence-electron chi connectivity index (χ4n) is 2.88. The molecule has 2 heterocycles. The zero-order chi connectivity index (χ0) is 20.4. The van der Waals surface area contributed by atoms with E-state index in [0.717, 1.165) is 5.56 Å². The van der Waals surface area contributed by atoms with Gasteiger partial charge in [0.05, 0.1) is 5.69 Å². The van der Waals surface area contributed by atoms with E-state index in [2.05, 4.69) is 19.8 Å². The molecule has 150 valence electrons. The summed E-state index contributed by atoms with van der Waals surface area (Å²) in [6, 6.07) is 10.4. The van der Waals surface area contributed by atoms with Crippen LogP contribution in [0.1, 0.15) is 12.1 Å². The SMILES string of the molecule is O=c1cc(COC2=CC=CCC2OC(F)(F)F)nc2nc(-c3ccccc3)[nH]n12. The number of fused-ring (bicyclic) bond motifs is 1. The first-order valence-electron chi connectivity index (χ1n) is 8.67. The van der Waals surface area contributed by atoms with Gasteiger partial charge < -0.3 is 4.74 Å². The molecule has 1 atom stereocenters. The quantitative estimate of drug-likeness (QED) is 0.705. The standard InChI is InChI=1S/C19H15F3N4O3/c20-19(21,22)29-15-9-5-4-8-14(15)28-11-13-10-16(27)26-18(23-13)24-17(25-26)12-6-2-1-3-7-12/h1-8,10,15H,9,11H2,(H,23,24,25). The maximum atomic E-state index is 12.5. The number of allylic oxidation sites excluding steroid dienone is 2. The molecule has 10 heteroatoms. The Bertz CT molecular complexity index is 1130. The lowest BCUT2D eigenvalue weighted by atomic mass is 10.1. The maximum absolute atomic E-state index is 12.5. The largest absolute Gasteiger partial charge is 0.523 e. The number of alkyl halides is 3. The van der Waals surface area contributed by atoms with Crippen molar-refractivity contribution in [2.24, 2.45) is 0 Å². The summed E-state index contributed by atoms with van der Waals surface area (Å²) in [5.74, 6) is 0.612. The molecule has 1 aromatic carbocycles. The number of benzene rings is 1. The summed E-state index contributed by atoms with van der Waals surface area (Å²) in [4.78, 5) is 20.9. The Hall–Kier alpha value is -3.40. The minimum atomic E-state index is -4.78. The molecule has 4 rings (SSSR count). The van der Waals surface area contributed by atoms with Crippen molar-refractivity contribution < 1.29 is 22.6 Å². The van der Waals surface area contributed by atoms with E-state index in [0.29, 0.717) is 5.82 Å². The highest BCUT2D eigenvalue weighted by molar-refractivity contribution is 5.56. The van der Waals surface area contributed by atoms with Crippen molar-refractivity contribution in [3.05, 3.63) is 76.4 Å². The third-order valence-electron chi connectivity index (χ3n) is 4.16. The third-order valence-corrected chi connectivity index (χ3v) is 4.16. The van der Waals surface area contributed by atoms with Crippen LogP contribution in [0.25, 0.3) is 17.2 Å². The van der Waals surface area contributed by atoms with Crippen LogP contribution in [0.15, 0.2) is 65.2 Å². The van der Waals surface area contributed by atoms with Crippen molar-refractivity contribution in [2.45, 2.75) is 25.5 Å². The molecule has 2 aromatic heterocycles. The van der Waals surface area contributed by atoms with Crippen LogP contribution >= 0.6 is 0 Å². The number of hydrogen-bond acceptors (Lipinski definition) is 5. The van der Waals surface area contributed by atoms with E-state index in [-0.39, 0.29) is 30.3 Å². The first-order valence-corrected chi connectivity index (χ1v) is 8.67. The van der Waals surface area contributed by atoms with Gasteiger partial charge in [-0.05, 0) is 12.5 Å². The molecule has 0 amide bonds. The topological polar surface area (TPSA) is 81.5 Å². The van der Waals surface area contributed by atoms with Gasteiger partial charge in [-0.15, -0.1) is 13.2 Å². The summed E-state index contributed by atoms with van der Waals surface area (Å²) in [6.45, 7) is -0.198. The second kappa shape index (κ2) is 7.55. The highest BCUT2D eigenvalue weighted by Crippen LogP contribution is 2.27. The number of H-pyrrole nitrogens is 1. The normalized spacial score (nSPS) is 16.8. The Kier molecular flexibility index (Phi) is 4.93. The summed E-state index contributed by atoms with van der Waals surface area (Å²) in [6.07, 6.45) is -1.50. The average molecular weight is 404 g/mol. The molecule has 0 saturated carbocycles. The molecule has 1 aliphatic rings. The Morgan fingerprint density at radius 1 is 1.21 bits per heavy atom. The minimum absolute atomic E-state index is 0.0128.